The van der Waals surface area contributed by atoms with Crippen molar-refractivity contribution in [1.82, 2.24) is 9.55 Å². The van der Waals surface area contributed by atoms with E-state index >= 15 is 0 Å². The average Bonchev–Trinajstić information content (AvgIpc) is 2.53. The highest BCUT2D eigenvalue weighted by molar-refractivity contribution is 5.18. The van der Waals surface area contributed by atoms with E-state index in [1.807, 2.05) is 17.8 Å². The lowest BCUT2D eigenvalue weighted by atomic mass is 10.0. The van der Waals surface area contributed by atoms with Crippen LogP contribution in [0, 0.1) is 0 Å². The van der Waals surface area contributed by atoms with Gasteiger partial charge in [0.2, 0.25) is 0 Å². The number of aliphatic hydroxyl groups is 1. The SMILES string of the molecule is Cn1cnc(C(O)C2=CCCCCC2)c1. The summed E-state index contributed by atoms with van der Waals surface area (Å²) in [5.41, 5.74) is 1.91. The maximum atomic E-state index is 10.1. The molecule has 1 aliphatic carbocycles. The van der Waals surface area contributed by atoms with E-state index in [1.54, 1.807) is 6.33 Å². The summed E-state index contributed by atoms with van der Waals surface area (Å²) in [7, 11) is 1.92. The Morgan fingerprint density at radius 2 is 2.27 bits per heavy atom. The van der Waals surface area contributed by atoms with E-state index < -0.39 is 6.10 Å². The van der Waals surface area contributed by atoms with Crippen LogP contribution in [0.15, 0.2) is 24.2 Å². The highest BCUT2D eigenvalue weighted by atomic mass is 16.3. The van der Waals surface area contributed by atoms with Crippen molar-refractivity contribution in [2.45, 2.75) is 38.2 Å². The Bertz CT molecular complexity index is 354. The van der Waals surface area contributed by atoms with Gasteiger partial charge in [-0.2, -0.15) is 0 Å². The number of aliphatic hydroxyl groups excluding tert-OH is 1. The molecule has 0 saturated carbocycles. The zero-order chi connectivity index (χ0) is 10.7. The van der Waals surface area contributed by atoms with Crippen LogP contribution in [-0.4, -0.2) is 14.7 Å². The minimum absolute atomic E-state index is 0.496. The number of hydrogen-bond donors (Lipinski definition) is 1. The molecule has 0 aliphatic heterocycles. The molecule has 1 N–H and O–H groups in total. The van der Waals surface area contributed by atoms with E-state index in [-0.39, 0.29) is 0 Å². The molecule has 0 bridgehead atoms. The van der Waals surface area contributed by atoms with Gasteiger partial charge >= 0.3 is 0 Å². The summed E-state index contributed by atoms with van der Waals surface area (Å²) >= 11 is 0. The van der Waals surface area contributed by atoms with Gasteiger partial charge in [-0.25, -0.2) is 4.98 Å². The second-order valence-electron chi connectivity index (χ2n) is 4.24. The van der Waals surface area contributed by atoms with Crippen LogP contribution in [0.25, 0.3) is 0 Å². The van der Waals surface area contributed by atoms with Crippen LogP contribution in [0.3, 0.4) is 0 Å². The summed E-state index contributed by atoms with van der Waals surface area (Å²) in [6.45, 7) is 0. The third-order valence-electron chi connectivity index (χ3n) is 2.93. The highest BCUT2D eigenvalue weighted by Crippen LogP contribution is 2.27. The quantitative estimate of drug-likeness (QED) is 0.754. The Morgan fingerprint density at radius 3 is 3.00 bits per heavy atom. The number of rotatable bonds is 2. The number of imidazole rings is 1. The second-order valence-corrected chi connectivity index (χ2v) is 4.24. The van der Waals surface area contributed by atoms with Gasteiger partial charge in [0.1, 0.15) is 6.10 Å². The van der Waals surface area contributed by atoms with E-state index in [0.717, 1.165) is 24.1 Å². The predicted molar refractivity (Wildman–Crippen MR) is 59.3 cm³/mol. The molecule has 1 atom stereocenters. The van der Waals surface area contributed by atoms with Crippen LogP contribution in [0.1, 0.15) is 43.9 Å². The molecule has 1 aliphatic rings. The van der Waals surface area contributed by atoms with Crippen LogP contribution in [-0.2, 0) is 7.05 Å². The Kier molecular flexibility index (Phi) is 3.21. The minimum atomic E-state index is -0.496. The van der Waals surface area contributed by atoms with Gasteiger partial charge in [-0.1, -0.05) is 12.5 Å². The van der Waals surface area contributed by atoms with Crippen molar-refractivity contribution in [2.75, 3.05) is 0 Å². The van der Waals surface area contributed by atoms with Crippen molar-refractivity contribution in [3.8, 4) is 0 Å². The molecule has 0 fully saturated rings. The lowest BCUT2D eigenvalue weighted by Crippen LogP contribution is -2.02. The Hall–Kier alpha value is -1.09. The molecule has 0 amide bonds. The summed E-state index contributed by atoms with van der Waals surface area (Å²) < 4.78 is 1.87. The number of aromatic nitrogens is 2. The second kappa shape index (κ2) is 4.62. The third-order valence-corrected chi connectivity index (χ3v) is 2.93. The van der Waals surface area contributed by atoms with E-state index in [4.69, 9.17) is 0 Å². The summed E-state index contributed by atoms with van der Waals surface area (Å²) in [4.78, 5) is 4.19. The first-order valence-electron chi connectivity index (χ1n) is 5.62. The fourth-order valence-corrected chi connectivity index (χ4v) is 2.05. The predicted octanol–water partition coefficient (Wildman–Crippen LogP) is 2.34. The maximum absolute atomic E-state index is 10.1. The van der Waals surface area contributed by atoms with Crippen LogP contribution >= 0.6 is 0 Å². The standard InChI is InChI=1S/C12H18N2O/c1-14-8-11(13-9-14)12(15)10-6-4-2-3-5-7-10/h6,8-9,12,15H,2-5,7H2,1H3. The zero-order valence-electron chi connectivity index (χ0n) is 9.19. The van der Waals surface area contributed by atoms with Crippen molar-refractivity contribution >= 4 is 0 Å². The molecule has 1 aromatic rings. The topological polar surface area (TPSA) is 38.0 Å². The van der Waals surface area contributed by atoms with E-state index in [0.29, 0.717) is 0 Å². The molecule has 1 aromatic heterocycles. The van der Waals surface area contributed by atoms with Crippen LogP contribution in [0.4, 0.5) is 0 Å². The van der Waals surface area contributed by atoms with Crippen LogP contribution in [0.2, 0.25) is 0 Å². The zero-order valence-corrected chi connectivity index (χ0v) is 9.19. The number of allylic oxidation sites excluding steroid dienone is 1. The van der Waals surface area contributed by atoms with Crippen LogP contribution < -0.4 is 0 Å². The van der Waals surface area contributed by atoms with Crippen molar-refractivity contribution in [3.05, 3.63) is 29.9 Å². The summed E-state index contributed by atoms with van der Waals surface area (Å²) in [6, 6.07) is 0. The first kappa shape index (κ1) is 10.4. The Morgan fingerprint density at radius 1 is 1.40 bits per heavy atom. The summed E-state index contributed by atoms with van der Waals surface area (Å²) in [6.07, 6.45) is 11.1. The van der Waals surface area contributed by atoms with Crippen molar-refractivity contribution in [1.29, 1.82) is 0 Å². The Labute approximate surface area is 90.5 Å². The molecule has 0 aromatic carbocycles. The monoisotopic (exact) mass is 206 g/mol. The molecule has 0 saturated heterocycles. The van der Waals surface area contributed by atoms with Gasteiger partial charge in [-0.3, -0.25) is 0 Å². The highest BCUT2D eigenvalue weighted by Gasteiger charge is 2.16. The fourth-order valence-electron chi connectivity index (χ4n) is 2.05. The fraction of sp³-hybridized carbons (Fsp3) is 0.583. The molecule has 82 valence electrons. The van der Waals surface area contributed by atoms with Gasteiger partial charge in [-0.15, -0.1) is 0 Å². The molecule has 1 heterocycles. The molecule has 0 spiro atoms. The molecular formula is C12H18N2O. The molecule has 1 unspecified atom stereocenters. The van der Waals surface area contributed by atoms with E-state index in [9.17, 15) is 5.11 Å². The molecule has 3 heteroatoms. The number of nitrogens with zero attached hydrogens (tertiary/aromatic N) is 2. The van der Waals surface area contributed by atoms with Gasteiger partial charge in [-0.05, 0) is 31.3 Å². The average molecular weight is 206 g/mol. The van der Waals surface area contributed by atoms with Crippen molar-refractivity contribution < 1.29 is 5.11 Å². The van der Waals surface area contributed by atoms with Gasteiger partial charge in [0.25, 0.3) is 0 Å². The van der Waals surface area contributed by atoms with Crippen molar-refractivity contribution in [3.63, 3.8) is 0 Å². The van der Waals surface area contributed by atoms with Crippen LogP contribution in [0.5, 0.6) is 0 Å². The van der Waals surface area contributed by atoms with E-state index in [1.165, 1.54) is 19.3 Å². The summed E-state index contributed by atoms with van der Waals surface area (Å²) in [5, 5.41) is 10.1. The van der Waals surface area contributed by atoms with Gasteiger partial charge < -0.3 is 9.67 Å². The van der Waals surface area contributed by atoms with Gasteiger partial charge in [0.05, 0.1) is 12.0 Å². The smallest absolute Gasteiger partial charge is 0.119 e. The lowest BCUT2D eigenvalue weighted by Gasteiger charge is -2.11. The molecule has 2 rings (SSSR count). The molecular weight excluding hydrogens is 188 g/mol. The maximum Gasteiger partial charge on any atom is 0.119 e. The summed E-state index contributed by atoms with van der Waals surface area (Å²) in [5.74, 6) is 0. The molecule has 0 radical (unpaired) electrons. The normalized spacial score (nSPS) is 19.5. The largest absolute Gasteiger partial charge is 0.382 e. The first-order valence-corrected chi connectivity index (χ1v) is 5.62. The first-order chi connectivity index (χ1) is 7.27. The molecule has 15 heavy (non-hydrogen) atoms. The third kappa shape index (κ3) is 2.48. The van der Waals surface area contributed by atoms with Crippen molar-refractivity contribution in [2.24, 2.45) is 7.05 Å². The number of aryl methyl sites for hydroxylation is 1. The lowest BCUT2D eigenvalue weighted by molar-refractivity contribution is 0.206. The Balaban J connectivity index is 2.12. The van der Waals surface area contributed by atoms with E-state index in [2.05, 4.69) is 11.1 Å². The number of hydrogen-bond acceptors (Lipinski definition) is 2. The minimum Gasteiger partial charge on any atom is -0.382 e. The van der Waals surface area contributed by atoms with Gasteiger partial charge in [0, 0.05) is 13.2 Å². The van der Waals surface area contributed by atoms with Gasteiger partial charge in [0.15, 0.2) is 0 Å². The molecule has 3 nitrogen and oxygen atoms in total.